The maximum absolute atomic E-state index is 12.5. The molecule has 24 heavy (non-hydrogen) atoms. The Labute approximate surface area is 145 Å². The maximum atomic E-state index is 12.5. The number of nitrogens with zero attached hydrogens (tertiary/aromatic N) is 2. The molecule has 0 atom stereocenters. The zero-order valence-electron chi connectivity index (χ0n) is 15.0. The SMILES string of the molecule is C=C(CC(C)C)C(=O)N(C)C1CCN(C(=O)c2ccccc2)CC1. The Morgan fingerprint density at radius 1 is 1.21 bits per heavy atom. The van der Waals surface area contributed by atoms with Crippen LogP contribution >= 0.6 is 0 Å². The molecule has 0 aromatic heterocycles. The summed E-state index contributed by atoms with van der Waals surface area (Å²) < 4.78 is 0. The molecule has 0 spiro atoms. The molecule has 0 bridgehead atoms. The smallest absolute Gasteiger partial charge is 0.253 e. The van der Waals surface area contributed by atoms with Gasteiger partial charge in [0.2, 0.25) is 5.91 Å². The summed E-state index contributed by atoms with van der Waals surface area (Å²) in [7, 11) is 1.85. The Morgan fingerprint density at radius 2 is 1.79 bits per heavy atom. The largest absolute Gasteiger partial charge is 0.339 e. The first kappa shape index (κ1) is 18.2. The van der Waals surface area contributed by atoms with Crippen LogP contribution in [0.5, 0.6) is 0 Å². The molecule has 1 aliphatic rings. The number of carbonyl (C=O) groups excluding carboxylic acids is 2. The van der Waals surface area contributed by atoms with Gasteiger partial charge in [-0.15, -0.1) is 0 Å². The highest BCUT2D eigenvalue weighted by molar-refractivity contribution is 5.94. The van der Waals surface area contributed by atoms with Crippen molar-refractivity contribution >= 4 is 11.8 Å². The Kier molecular flexibility index (Phi) is 6.18. The van der Waals surface area contributed by atoms with Gasteiger partial charge in [0, 0.05) is 37.3 Å². The zero-order valence-corrected chi connectivity index (χ0v) is 15.0. The number of hydrogen-bond acceptors (Lipinski definition) is 2. The van der Waals surface area contributed by atoms with E-state index in [1.54, 1.807) is 0 Å². The molecule has 1 saturated heterocycles. The molecule has 0 saturated carbocycles. The monoisotopic (exact) mass is 328 g/mol. The molecule has 1 heterocycles. The van der Waals surface area contributed by atoms with E-state index >= 15 is 0 Å². The molecule has 130 valence electrons. The van der Waals surface area contributed by atoms with Crippen molar-refractivity contribution in [2.24, 2.45) is 5.92 Å². The zero-order chi connectivity index (χ0) is 17.7. The van der Waals surface area contributed by atoms with Crippen LogP contribution in [0.25, 0.3) is 0 Å². The van der Waals surface area contributed by atoms with E-state index in [4.69, 9.17) is 0 Å². The van der Waals surface area contributed by atoms with Crippen molar-refractivity contribution in [2.45, 2.75) is 39.2 Å². The number of piperidine rings is 1. The number of hydrogen-bond donors (Lipinski definition) is 0. The minimum atomic E-state index is 0.0385. The number of carbonyl (C=O) groups is 2. The van der Waals surface area contributed by atoms with Crippen molar-refractivity contribution in [3.8, 4) is 0 Å². The van der Waals surface area contributed by atoms with Crippen LogP contribution in [0.4, 0.5) is 0 Å². The van der Waals surface area contributed by atoms with Gasteiger partial charge >= 0.3 is 0 Å². The summed E-state index contributed by atoms with van der Waals surface area (Å²) in [4.78, 5) is 28.6. The van der Waals surface area contributed by atoms with Gasteiger partial charge in [0.25, 0.3) is 5.91 Å². The molecule has 4 nitrogen and oxygen atoms in total. The molecule has 0 N–H and O–H groups in total. The standard InChI is InChI=1S/C20H28N2O2/c1-15(2)14-16(3)19(23)21(4)18-10-12-22(13-11-18)20(24)17-8-6-5-7-9-17/h5-9,15,18H,3,10-14H2,1-2,4H3. The molecule has 1 aromatic carbocycles. The molecule has 1 aliphatic heterocycles. The molecule has 2 amide bonds. The lowest BCUT2D eigenvalue weighted by Gasteiger charge is -2.37. The lowest BCUT2D eigenvalue weighted by Crippen LogP contribution is -2.47. The maximum Gasteiger partial charge on any atom is 0.253 e. The fraction of sp³-hybridized carbons (Fsp3) is 0.500. The van der Waals surface area contributed by atoms with Crippen LogP contribution in [-0.4, -0.2) is 47.8 Å². The highest BCUT2D eigenvalue weighted by Crippen LogP contribution is 2.20. The Morgan fingerprint density at radius 3 is 2.33 bits per heavy atom. The molecule has 1 aromatic rings. The number of benzene rings is 1. The van der Waals surface area contributed by atoms with Gasteiger partial charge in [0.05, 0.1) is 0 Å². The van der Waals surface area contributed by atoms with E-state index in [0.29, 0.717) is 24.6 Å². The van der Waals surface area contributed by atoms with Crippen LogP contribution in [0.2, 0.25) is 0 Å². The minimum absolute atomic E-state index is 0.0385. The van der Waals surface area contributed by atoms with Gasteiger partial charge in [0.1, 0.15) is 0 Å². The second-order valence-electron chi connectivity index (χ2n) is 7.01. The van der Waals surface area contributed by atoms with Gasteiger partial charge in [-0.05, 0) is 37.3 Å². The normalized spacial score (nSPS) is 15.4. The molecule has 0 unspecified atom stereocenters. The average Bonchev–Trinajstić information content (AvgIpc) is 2.60. The first-order valence-electron chi connectivity index (χ1n) is 8.69. The van der Waals surface area contributed by atoms with Gasteiger partial charge in [-0.1, -0.05) is 38.6 Å². The van der Waals surface area contributed by atoms with E-state index in [-0.39, 0.29) is 17.9 Å². The van der Waals surface area contributed by atoms with Gasteiger partial charge in [0.15, 0.2) is 0 Å². The molecule has 4 heteroatoms. The third-order valence-electron chi connectivity index (χ3n) is 4.60. The van der Waals surface area contributed by atoms with Gasteiger partial charge < -0.3 is 9.80 Å². The topological polar surface area (TPSA) is 40.6 Å². The molecule has 0 aliphatic carbocycles. The van der Waals surface area contributed by atoms with Crippen LogP contribution in [0.15, 0.2) is 42.5 Å². The second-order valence-corrected chi connectivity index (χ2v) is 7.01. The van der Waals surface area contributed by atoms with E-state index in [9.17, 15) is 9.59 Å². The van der Waals surface area contributed by atoms with Gasteiger partial charge in [-0.2, -0.15) is 0 Å². The summed E-state index contributed by atoms with van der Waals surface area (Å²) in [5, 5.41) is 0. The molecular formula is C20H28N2O2. The number of likely N-dealkylation sites (N-methyl/N-ethyl adjacent to an activating group) is 1. The number of amides is 2. The number of rotatable bonds is 5. The highest BCUT2D eigenvalue weighted by atomic mass is 16.2. The van der Waals surface area contributed by atoms with Crippen molar-refractivity contribution in [2.75, 3.05) is 20.1 Å². The van der Waals surface area contributed by atoms with E-state index in [0.717, 1.165) is 24.8 Å². The summed E-state index contributed by atoms with van der Waals surface area (Å²) in [5.74, 6) is 0.545. The van der Waals surface area contributed by atoms with Crippen molar-refractivity contribution in [3.63, 3.8) is 0 Å². The van der Waals surface area contributed by atoms with E-state index in [1.165, 1.54) is 0 Å². The summed E-state index contributed by atoms with van der Waals surface area (Å²) in [5.41, 5.74) is 1.40. The van der Waals surface area contributed by atoms with Gasteiger partial charge in [-0.3, -0.25) is 9.59 Å². The van der Waals surface area contributed by atoms with Crippen LogP contribution < -0.4 is 0 Å². The predicted molar refractivity (Wildman–Crippen MR) is 96.7 cm³/mol. The predicted octanol–water partition coefficient (Wildman–Crippen LogP) is 3.35. The quantitative estimate of drug-likeness (QED) is 0.778. The molecular weight excluding hydrogens is 300 g/mol. The van der Waals surface area contributed by atoms with Crippen molar-refractivity contribution < 1.29 is 9.59 Å². The highest BCUT2D eigenvalue weighted by Gasteiger charge is 2.28. The lowest BCUT2D eigenvalue weighted by atomic mass is 9.99. The van der Waals surface area contributed by atoms with Crippen LogP contribution in [-0.2, 0) is 4.79 Å². The van der Waals surface area contributed by atoms with Crippen molar-refractivity contribution in [1.29, 1.82) is 0 Å². The number of likely N-dealkylation sites (tertiary alicyclic amines) is 1. The van der Waals surface area contributed by atoms with E-state index in [2.05, 4.69) is 20.4 Å². The van der Waals surface area contributed by atoms with E-state index < -0.39 is 0 Å². The molecule has 2 rings (SSSR count). The van der Waals surface area contributed by atoms with Crippen molar-refractivity contribution in [1.82, 2.24) is 9.80 Å². The van der Waals surface area contributed by atoms with Crippen LogP contribution in [0, 0.1) is 5.92 Å². The minimum Gasteiger partial charge on any atom is -0.339 e. The molecule has 1 fully saturated rings. The lowest BCUT2D eigenvalue weighted by molar-refractivity contribution is -0.128. The van der Waals surface area contributed by atoms with Crippen LogP contribution in [0.3, 0.4) is 0 Å². The Bertz CT molecular complexity index is 587. The third kappa shape index (κ3) is 4.47. The Balaban J connectivity index is 1.89. The van der Waals surface area contributed by atoms with Crippen molar-refractivity contribution in [3.05, 3.63) is 48.0 Å². The first-order valence-corrected chi connectivity index (χ1v) is 8.69. The fourth-order valence-corrected chi connectivity index (χ4v) is 3.21. The summed E-state index contributed by atoms with van der Waals surface area (Å²) in [6, 6.07) is 9.55. The third-order valence-corrected chi connectivity index (χ3v) is 4.60. The van der Waals surface area contributed by atoms with E-state index in [1.807, 2.05) is 47.2 Å². The summed E-state index contributed by atoms with van der Waals surface area (Å²) in [6.45, 7) is 9.49. The fourth-order valence-electron chi connectivity index (χ4n) is 3.21. The summed E-state index contributed by atoms with van der Waals surface area (Å²) in [6.07, 6.45) is 2.36. The van der Waals surface area contributed by atoms with Crippen LogP contribution in [0.1, 0.15) is 43.5 Å². The first-order chi connectivity index (χ1) is 11.4. The Hall–Kier alpha value is -2.10. The summed E-state index contributed by atoms with van der Waals surface area (Å²) >= 11 is 0. The second kappa shape index (κ2) is 8.13. The van der Waals surface area contributed by atoms with Gasteiger partial charge in [-0.25, -0.2) is 0 Å². The molecule has 0 radical (unpaired) electrons. The average molecular weight is 328 g/mol.